The molecule has 0 radical (unpaired) electrons. The molecule has 2 saturated heterocycles. The maximum Gasteiger partial charge on any atom is 0.0432 e. The van der Waals surface area contributed by atoms with Crippen LogP contribution in [0.5, 0.6) is 0 Å². The fourth-order valence-corrected chi connectivity index (χ4v) is 4.63. The van der Waals surface area contributed by atoms with E-state index < -0.39 is 0 Å². The minimum absolute atomic E-state index is 0.353. The normalized spacial score (nSPS) is 38.4. The molecule has 0 spiro atoms. The molecule has 2 atom stereocenters. The summed E-state index contributed by atoms with van der Waals surface area (Å²) in [6.07, 6.45) is 6.80. The van der Waals surface area contributed by atoms with Crippen LogP contribution in [0.15, 0.2) is 0 Å². The molecular weight excluding hydrogens is 204 g/mol. The van der Waals surface area contributed by atoms with Crippen LogP contribution in [0.2, 0.25) is 0 Å². The Kier molecular flexibility index (Phi) is 3.97. The maximum atomic E-state index is 6.06. The van der Waals surface area contributed by atoms with Gasteiger partial charge in [-0.25, -0.2) is 0 Å². The third-order valence-electron chi connectivity index (χ3n) is 4.17. The Balaban J connectivity index is 2.10. The molecule has 0 saturated carbocycles. The summed E-state index contributed by atoms with van der Waals surface area (Å²) in [6.45, 7) is 4.47. The minimum atomic E-state index is 0.353. The second-order valence-electron chi connectivity index (χ2n) is 4.98. The third kappa shape index (κ3) is 2.20. The zero-order valence-corrected chi connectivity index (χ0v) is 10.7. The Bertz CT molecular complexity index is 202. The van der Waals surface area contributed by atoms with E-state index in [4.69, 9.17) is 5.73 Å². The van der Waals surface area contributed by atoms with Crippen molar-refractivity contribution in [1.82, 2.24) is 4.90 Å². The molecule has 2 heterocycles. The van der Waals surface area contributed by atoms with E-state index in [0.29, 0.717) is 5.54 Å². The number of rotatable bonds is 3. The monoisotopic (exact) mass is 228 g/mol. The van der Waals surface area contributed by atoms with Gasteiger partial charge < -0.3 is 5.73 Å². The van der Waals surface area contributed by atoms with Crippen molar-refractivity contribution in [3.8, 4) is 0 Å². The van der Waals surface area contributed by atoms with Gasteiger partial charge in [0.05, 0.1) is 0 Å². The van der Waals surface area contributed by atoms with Crippen LogP contribution in [0, 0.1) is 0 Å². The smallest absolute Gasteiger partial charge is 0.0432 e. The molecule has 0 amide bonds. The van der Waals surface area contributed by atoms with Gasteiger partial charge in [0, 0.05) is 23.9 Å². The SMILES string of the molecule is CCC1CCCCN1C1(CN)CCSC1. The lowest BCUT2D eigenvalue weighted by Gasteiger charge is -2.47. The molecule has 2 aliphatic heterocycles. The summed E-state index contributed by atoms with van der Waals surface area (Å²) in [6, 6.07) is 0.806. The first-order valence-corrected chi connectivity index (χ1v) is 7.52. The predicted octanol–water partition coefficient (Wildman–Crippen LogP) is 2.09. The van der Waals surface area contributed by atoms with Crippen LogP contribution in [0.1, 0.15) is 39.0 Å². The highest BCUT2D eigenvalue weighted by molar-refractivity contribution is 7.99. The van der Waals surface area contributed by atoms with Crippen LogP contribution in [0.4, 0.5) is 0 Å². The van der Waals surface area contributed by atoms with E-state index >= 15 is 0 Å². The van der Waals surface area contributed by atoms with Gasteiger partial charge in [0.25, 0.3) is 0 Å². The van der Waals surface area contributed by atoms with E-state index in [2.05, 4.69) is 23.6 Å². The van der Waals surface area contributed by atoms with Gasteiger partial charge in [-0.15, -0.1) is 0 Å². The van der Waals surface area contributed by atoms with Gasteiger partial charge in [-0.1, -0.05) is 13.3 Å². The van der Waals surface area contributed by atoms with E-state index in [1.54, 1.807) is 0 Å². The van der Waals surface area contributed by atoms with Crippen molar-refractivity contribution >= 4 is 11.8 Å². The Labute approximate surface area is 98.0 Å². The molecule has 2 rings (SSSR count). The molecule has 0 aromatic heterocycles. The van der Waals surface area contributed by atoms with Crippen molar-refractivity contribution in [3.05, 3.63) is 0 Å². The zero-order valence-electron chi connectivity index (χ0n) is 9.87. The standard InChI is InChI=1S/C12H24N2S/c1-2-11-5-3-4-7-14(11)12(9-13)6-8-15-10-12/h11H,2-10,13H2,1H3. The molecule has 0 bridgehead atoms. The van der Waals surface area contributed by atoms with Crippen molar-refractivity contribution in [2.45, 2.75) is 50.6 Å². The minimum Gasteiger partial charge on any atom is -0.329 e. The van der Waals surface area contributed by atoms with Crippen LogP contribution in [-0.4, -0.2) is 41.1 Å². The second-order valence-corrected chi connectivity index (χ2v) is 6.09. The van der Waals surface area contributed by atoms with Gasteiger partial charge in [0.1, 0.15) is 0 Å². The maximum absolute atomic E-state index is 6.06. The van der Waals surface area contributed by atoms with Crippen molar-refractivity contribution in [2.75, 3.05) is 24.6 Å². The zero-order chi connectivity index (χ0) is 10.7. The van der Waals surface area contributed by atoms with Gasteiger partial charge in [-0.05, 0) is 38.0 Å². The Morgan fingerprint density at radius 2 is 2.33 bits per heavy atom. The molecule has 2 unspecified atom stereocenters. The van der Waals surface area contributed by atoms with E-state index in [1.165, 1.54) is 50.2 Å². The topological polar surface area (TPSA) is 29.3 Å². The first-order chi connectivity index (χ1) is 7.32. The predicted molar refractivity (Wildman–Crippen MR) is 68.4 cm³/mol. The highest BCUT2D eigenvalue weighted by Crippen LogP contribution is 2.37. The molecule has 2 aliphatic rings. The lowest BCUT2D eigenvalue weighted by atomic mass is 9.89. The van der Waals surface area contributed by atoms with Crippen LogP contribution in [0.25, 0.3) is 0 Å². The van der Waals surface area contributed by atoms with Gasteiger partial charge in [-0.3, -0.25) is 4.90 Å². The highest BCUT2D eigenvalue weighted by atomic mass is 32.2. The largest absolute Gasteiger partial charge is 0.329 e. The van der Waals surface area contributed by atoms with E-state index in [1.807, 2.05) is 0 Å². The van der Waals surface area contributed by atoms with Crippen molar-refractivity contribution < 1.29 is 0 Å². The first-order valence-electron chi connectivity index (χ1n) is 6.37. The molecule has 2 nitrogen and oxygen atoms in total. The first kappa shape index (κ1) is 11.7. The summed E-state index contributed by atoms with van der Waals surface area (Å²) < 4.78 is 0. The lowest BCUT2D eigenvalue weighted by molar-refractivity contribution is 0.0363. The molecule has 2 fully saturated rings. The fourth-order valence-electron chi connectivity index (χ4n) is 3.15. The molecule has 3 heteroatoms. The third-order valence-corrected chi connectivity index (χ3v) is 5.40. The highest BCUT2D eigenvalue weighted by Gasteiger charge is 2.42. The van der Waals surface area contributed by atoms with E-state index in [9.17, 15) is 0 Å². The van der Waals surface area contributed by atoms with Crippen molar-refractivity contribution in [3.63, 3.8) is 0 Å². The van der Waals surface area contributed by atoms with Gasteiger partial charge >= 0.3 is 0 Å². The van der Waals surface area contributed by atoms with Gasteiger partial charge in [-0.2, -0.15) is 11.8 Å². The molecule has 15 heavy (non-hydrogen) atoms. The number of thioether (sulfide) groups is 1. The lowest BCUT2D eigenvalue weighted by Crippen LogP contribution is -2.59. The Morgan fingerprint density at radius 3 is 2.93 bits per heavy atom. The Hall–Kier alpha value is 0.270. The summed E-state index contributed by atoms with van der Waals surface area (Å²) in [4.78, 5) is 2.76. The average Bonchev–Trinajstić information content (AvgIpc) is 2.79. The van der Waals surface area contributed by atoms with Crippen LogP contribution in [-0.2, 0) is 0 Å². The van der Waals surface area contributed by atoms with E-state index in [0.717, 1.165) is 12.6 Å². The quantitative estimate of drug-likeness (QED) is 0.802. The van der Waals surface area contributed by atoms with Gasteiger partial charge in [0.2, 0.25) is 0 Å². The Morgan fingerprint density at radius 1 is 1.47 bits per heavy atom. The summed E-state index contributed by atoms with van der Waals surface area (Å²) in [7, 11) is 0. The molecule has 0 aromatic rings. The van der Waals surface area contributed by atoms with E-state index in [-0.39, 0.29) is 0 Å². The fraction of sp³-hybridized carbons (Fsp3) is 1.00. The van der Waals surface area contributed by atoms with Crippen LogP contribution in [0.3, 0.4) is 0 Å². The van der Waals surface area contributed by atoms with Gasteiger partial charge in [0.15, 0.2) is 0 Å². The number of hydrogen-bond donors (Lipinski definition) is 1. The van der Waals surface area contributed by atoms with Crippen LogP contribution >= 0.6 is 11.8 Å². The van der Waals surface area contributed by atoms with Crippen LogP contribution < -0.4 is 5.73 Å². The second kappa shape index (κ2) is 5.07. The molecule has 0 aromatic carbocycles. The summed E-state index contributed by atoms with van der Waals surface area (Å²) in [5, 5.41) is 0. The van der Waals surface area contributed by atoms with Crippen molar-refractivity contribution in [2.24, 2.45) is 5.73 Å². The number of nitrogens with zero attached hydrogens (tertiary/aromatic N) is 1. The summed E-state index contributed by atoms with van der Waals surface area (Å²) >= 11 is 2.09. The van der Waals surface area contributed by atoms with Crippen molar-refractivity contribution in [1.29, 1.82) is 0 Å². The number of hydrogen-bond acceptors (Lipinski definition) is 3. The number of nitrogens with two attached hydrogens (primary N) is 1. The molecular formula is C12H24N2S. The molecule has 2 N–H and O–H groups in total. The number of piperidine rings is 1. The molecule has 88 valence electrons. The summed E-state index contributed by atoms with van der Waals surface area (Å²) in [5.74, 6) is 2.57. The number of likely N-dealkylation sites (tertiary alicyclic amines) is 1. The molecule has 0 aliphatic carbocycles. The average molecular weight is 228 g/mol. The summed E-state index contributed by atoms with van der Waals surface area (Å²) in [5.41, 5.74) is 6.41.